The molecule has 0 bridgehead atoms. The average Bonchev–Trinajstić information content (AvgIpc) is 2.13. The van der Waals surface area contributed by atoms with Gasteiger partial charge in [-0.1, -0.05) is 15.9 Å². The molecule has 0 atom stereocenters. The molecule has 1 aromatic rings. The predicted octanol–water partition coefficient (Wildman–Crippen LogP) is 3.54. The van der Waals surface area contributed by atoms with Gasteiger partial charge in [-0.2, -0.15) is 0 Å². The topological polar surface area (TPSA) is 26.3 Å². The van der Waals surface area contributed by atoms with Gasteiger partial charge in [0.1, 0.15) is 0 Å². The van der Waals surface area contributed by atoms with Gasteiger partial charge >= 0.3 is 5.97 Å². The van der Waals surface area contributed by atoms with Crippen molar-refractivity contribution in [3.63, 3.8) is 0 Å². The summed E-state index contributed by atoms with van der Waals surface area (Å²) in [6.07, 6.45) is 0. The quantitative estimate of drug-likeness (QED) is 0.589. The van der Waals surface area contributed by atoms with Crippen LogP contribution < -0.4 is 0 Å². The monoisotopic (exact) mass is 368 g/mol. The molecule has 0 spiro atoms. The SMILES string of the molecule is CCOC(=O)c1cc(Br)c(C)c(I)c1. The fourth-order valence-corrected chi connectivity index (χ4v) is 2.43. The third-order valence-corrected chi connectivity index (χ3v) is 3.74. The van der Waals surface area contributed by atoms with E-state index >= 15 is 0 Å². The van der Waals surface area contributed by atoms with Crippen LogP contribution in [0, 0.1) is 10.5 Å². The summed E-state index contributed by atoms with van der Waals surface area (Å²) >= 11 is 5.60. The van der Waals surface area contributed by atoms with Crippen LogP contribution in [0.25, 0.3) is 0 Å². The lowest BCUT2D eigenvalue weighted by Crippen LogP contribution is -2.05. The second-order valence-electron chi connectivity index (χ2n) is 2.79. The first-order valence-corrected chi connectivity index (χ1v) is 6.06. The molecule has 0 radical (unpaired) electrons. The maximum Gasteiger partial charge on any atom is 0.338 e. The van der Waals surface area contributed by atoms with Crippen LogP contribution in [0.1, 0.15) is 22.8 Å². The summed E-state index contributed by atoms with van der Waals surface area (Å²) in [6, 6.07) is 3.62. The van der Waals surface area contributed by atoms with Gasteiger partial charge in [-0.15, -0.1) is 0 Å². The lowest BCUT2D eigenvalue weighted by atomic mass is 10.1. The van der Waals surface area contributed by atoms with Crippen molar-refractivity contribution in [1.29, 1.82) is 0 Å². The second-order valence-corrected chi connectivity index (χ2v) is 4.80. The zero-order valence-electron chi connectivity index (χ0n) is 7.93. The second kappa shape index (κ2) is 5.11. The van der Waals surface area contributed by atoms with E-state index in [1.54, 1.807) is 13.0 Å². The molecule has 0 N–H and O–H groups in total. The number of ether oxygens (including phenoxy) is 1. The minimum Gasteiger partial charge on any atom is -0.462 e. The van der Waals surface area contributed by atoms with E-state index in [1.807, 2.05) is 13.0 Å². The van der Waals surface area contributed by atoms with Crippen molar-refractivity contribution in [3.8, 4) is 0 Å². The molecule has 1 aromatic carbocycles. The fourth-order valence-electron chi connectivity index (χ4n) is 0.978. The molecular weight excluding hydrogens is 359 g/mol. The summed E-state index contributed by atoms with van der Waals surface area (Å²) in [5, 5.41) is 0. The third kappa shape index (κ3) is 2.70. The largest absolute Gasteiger partial charge is 0.462 e. The minimum atomic E-state index is -0.272. The third-order valence-electron chi connectivity index (χ3n) is 1.79. The van der Waals surface area contributed by atoms with E-state index in [0.717, 1.165) is 13.6 Å². The summed E-state index contributed by atoms with van der Waals surface area (Å²) in [5.41, 5.74) is 1.73. The molecule has 4 heteroatoms. The van der Waals surface area contributed by atoms with Crippen molar-refractivity contribution < 1.29 is 9.53 Å². The van der Waals surface area contributed by atoms with Crippen LogP contribution >= 0.6 is 38.5 Å². The maximum atomic E-state index is 11.4. The highest BCUT2D eigenvalue weighted by Gasteiger charge is 2.10. The Balaban J connectivity index is 3.06. The molecule has 0 aromatic heterocycles. The van der Waals surface area contributed by atoms with Crippen molar-refractivity contribution in [2.45, 2.75) is 13.8 Å². The van der Waals surface area contributed by atoms with Crippen molar-refractivity contribution >= 4 is 44.5 Å². The molecule has 0 unspecified atom stereocenters. The summed E-state index contributed by atoms with van der Waals surface area (Å²) in [5.74, 6) is -0.272. The molecule has 14 heavy (non-hydrogen) atoms. The predicted molar refractivity (Wildman–Crippen MR) is 67.6 cm³/mol. The van der Waals surface area contributed by atoms with Crippen LogP contribution in [-0.4, -0.2) is 12.6 Å². The van der Waals surface area contributed by atoms with E-state index in [9.17, 15) is 4.79 Å². The van der Waals surface area contributed by atoms with Gasteiger partial charge in [0, 0.05) is 8.04 Å². The van der Waals surface area contributed by atoms with Crippen LogP contribution in [0.3, 0.4) is 0 Å². The number of rotatable bonds is 2. The van der Waals surface area contributed by atoms with E-state index < -0.39 is 0 Å². The smallest absolute Gasteiger partial charge is 0.338 e. The minimum absolute atomic E-state index is 0.272. The molecule has 0 heterocycles. The van der Waals surface area contributed by atoms with E-state index in [1.165, 1.54) is 0 Å². The van der Waals surface area contributed by atoms with Gasteiger partial charge < -0.3 is 4.74 Å². The Morgan fingerprint density at radius 2 is 2.21 bits per heavy atom. The molecule has 0 aliphatic heterocycles. The molecule has 1 rings (SSSR count). The number of hydrogen-bond acceptors (Lipinski definition) is 2. The van der Waals surface area contributed by atoms with Gasteiger partial charge in [-0.25, -0.2) is 4.79 Å². The van der Waals surface area contributed by atoms with Gasteiger partial charge in [0.15, 0.2) is 0 Å². The van der Waals surface area contributed by atoms with E-state index in [-0.39, 0.29) is 5.97 Å². The van der Waals surface area contributed by atoms with Crippen LogP contribution in [-0.2, 0) is 4.74 Å². The van der Waals surface area contributed by atoms with Crippen LogP contribution in [0.15, 0.2) is 16.6 Å². The summed E-state index contributed by atoms with van der Waals surface area (Å²) < 4.78 is 6.91. The Hall–Kier alpha value is -0.100. The van der Waals surface area contributed by atoms with E-state index in [2.05, 4.69) is 38.5 Å². The first kappa shape index (κ1) is 12.0. The van der Waals surface area contributed by atoms with Crippen molar-refractivity contribution in [2.24, 2.45) is 0 Å². The zero-order valence-corrected chi connectivity index (χ0v) is 11.7. The van der Waals surface area contributed by atoms with Crippen molar-refractivity contribution in [1.82, 2.24) is 0 Å². The van der Waals surface area contributed by atoms with Gasteiger partial charge in [0.2, 0.25) is 0 Å². The lowest BCUT2D eigenvalue weighted by Gasteiger charge is -2.06. The molecule has 0 saturated heterocycles. The Morgan fingerprint density at radius 3 is 2.71 bits per heavy atom. The Kier molecular flexibility index (Phi) is 4.37. The number of carbonyl (C=O) groups excluding carboxylic acids is 1. The molecular formula is C10H10BrIO2. The normalized spacial score (nSPS) is 10.0. The molecule has 0 aliphatic rings. The highest BCUT2D eigenvalue weighted by Crippen LogP contribution is 2.23. The standard InChI is InChI=1S/C10H10BrIO2/c1-3-14-10(13)7-4-8(11)6(2)9(12)5-7/h4-5H,3H2,1-2H3. The van der Waals surface area contributed by atoms with Crippen LogP contribution in [0.2, 0.25) is 0 Å². The fraction of sp³-hybridized carbons (Fsp3) is 0.300. The summed E-state index contributed by atoms with van der Waals surface area (Å²) in [6.45, 7) is 4.20. The summed E-state index contributed by atoms with van der Waals surface area (Å²) in [7, 11) is 0. The van der Waals surface area contributed by atoms with Gasteiger partial charge in [-0.05, 0) is 54.1 Å². The molecule has 2 nitrogen and oxygen atoms in total. The number of hydrogen-bond donors (Lipinski definition) is 0. The molecule has 76 valence electrons. The zero-order chi connectivity index (χ0) is 10.7. The molecule has 0 fully saturated rings. The average molecular weight is 369 g/mol. The van der Waals surface area contributed by atoms with Crippen LogP contribution in [0.4, 0.5) is 0 Å². The van der Waals surface area contributed by atoms with E-state index in [0.29, 0.717) is 12.2 Å². The molecule has 0 saturated carbocycles. The van der Waals surface area contributed by atoms with Crippen molar-refractivity contribution in [3.05, 3.63) is 31.3 Å². The highest BCUT2D eigenvalue weighted by atomic mass is 127. The maximum absolute atomic E-state index is 11.4. The first-order chi connectivity index (χ1) is 6.56. The number of esters is 1. The lowest BCUT2D eigenvalue weighted by molar-refractivity contribution is 0.0526. The summed E-state index contributed by atoms with van der Waals surface area (Å²) in [4.78, 5) is 11.4. The number of carbonyl (C=O) groups is 1. The Bertz CT molecular complexity index is 340. The first-order valence-electron chi connectivity index (χ1n) is 4.19. The van der Waals surface area contributed by atoms with Gasteiger partial charge in [0.25, 0.3) is 0 Å². The molecule has 0 aliphatic carbocycles. The van der Waals surface area contributed by atoms with Gasteiger partial charge in [-0.3, -0.25) is 0 Å². The number of halogens is 2. The molecule has 0 amide bonds. The van der Waals surface area contributed by atoms with E-state index in [4.69, 9.17) is 4.74 Å². The number of benzene rings is 1. The Labute approximate surface area is 105 Å². The highest BCUT2D eigenvalue weighted by molar-refractivity contribution is 14.1. The van der Waals surface area contributed by atoms with Crippen molar-refractivity contribution in [2.75, 3.05) is 6.61 Å². The van der Waals surface area contributed by atoms with Gasteiger partial charge in [0.05, 0.1) is 12.2 Å². The van der Waals surface area contributed by atoms with Crippen LogP contribution in [0.5, 0.6) is 0 Å². The Morgan fingerprint density at radius 1 is 1.57 bits per heavy atom.